The molecule has 1 aliphatic heterocycles. The van der Waals surface area contributed by atoms with Gasteiger partial charge in [0, 0.05) is 6.42 Å². The van der Waals surface area contributed by atoms with Crippen molar-refractivity contribution in [3.63, 3.8) is 0 Å². The first kappa shape index (κ1) is 3.87. The molecule has 0 radical (unpaired) electrons. The number of hydrogen-bond donors (Lipinski definition) is 0. The van der Waals surface area contributed by atoms with Gasteiger partial charge in [-0.15, -0.1) is 0 Å². The molecule has 2 nitrogen and oxygen atoms in total. The largest absolute Gasteiger partial charge is 0.233 e. The number of rotatable bonds is 0. The van der Waals surface area contributed by atoms with E-state index in [0.717, 1.165) is 6.42 Å². The van der Waals surface area contributed by atoms with E-state index < -0.39 is 0 Å². The molecular formula is C5H8O2. The van der Waals surface area contributed by atoms with Crippen molar-refractivity contribution in [2.75, 3.05) is 0 Å². The first-order valence-corrected chi connectivity index (χ1v) is 2.77. The van der Waals surface area contributed by atoms with Crippen molar-refractivity contribution in [2.45, 2.75) is 31.5 Å². The predicted molar refractivity (Wildman–Crippen MR) is 23.6 cm³/mol. The van der Waals surface area contributed by atoms with Crippen molar-refractivity contribution in [1.82, 2.24) is 0 Å². The predicted octanol–water partition coefficient (Wildman–Crippen LogP) is 0.869. The maximum Gasteiger partial charge on any atom is 0.0957 e. The summed E-state index contributed by atoms with van der Waals surface area (Å²) in [6, 6.07) is 0. The normalized spacial score (nSPS) is 48.0. The van der Waals surface area contributed by atoms with Crippen LogP contribution < -0.4 is 0 Å². The van der Waals surface area contributed by atoms with E-state index in [1.165, 1.54) is 12.8 Å². The molecule has 40 valence electrons. The zero-order chi connectivity index (χ0) is 4.69. The third-order valence-corrected chi connectivity index (χ3v) is 1.66. The van der Waals surface area contributed by atoms with Gasteiger partial charge in [-0.1, -0.05) is 0 Å². The molecular weight excluding hydrogens is 92.1 g/mol. The van der Waals surface area contributed by atoms with Gasteiger partial charge in [0.1, 0.15) is 0 Å². The highest BCUT2D eigenvalue weighted by Gasteiger charge is 2.34. The first-order chi connectivity index (χ1) is 3.45. The van der Waals surface area contributed by atoms with Crippen molar-refractivity contribution in [3.05, 3.63) is 0 Å². The lowest BCUT2D eigenvalue weighted by Crippen LogP contribution is -2.05. The average Bonchev–Trinajstić information content (AvgIpc) is 2.22. The summed E-state index contributed by atoms with van der Waals surface area (Å²) in [6.07, 6.45) is 4.46. The molecule has 0 aromatic heterocycles. The van der Waals surface area contributed by atoms with Crippen LogP contribution in [-0.2, 0) is 9.78 Å². The molecule has 2 rings (SSSR count). The Bertz CT molecular complexity index is 64.1. The molecule has 0 aromatic carbocycles. The summed E-state index contributed by atoms with van der Waals surface area (Å²) in [5.41, 5.74) is 0. The Balaban J connectivity index is 2.12. The Labute approximate surface area is 42.3 Å². The molecule has 2 unspecified atom stereocenters. The third-order valence-electron chi connectivity index (χ3n) is 1.66. The van der Waals surface area contributed by atoms with Gasteiger partial charge in [0.25, 0.3) is 0 Å². The van der Waals surface area contributed by atoms with Crippen molar-refractivity contribution < 1.29 is 9.78 Å². The van der Waals surface area contributed by atoms with Gasteiger partial charge < -0.3 is 0 Å². The van der Waals surface area contributed by atoms with Gasteiger partial charge in [0.15, 0.2) is 0 Å². The molecule has 1 heterocycles. The zero-order valence-electron chi connectivity index (χ0n) is 4.09. The van der Waals surface area contributed by atoms with Gasteiger partial charge in [-0.05, 0) is 12.8 Å². The minimum Gasteiger partial charge on any atom is -0.233 e. The molecule has 2 aliphatic rings. The van der Waals surface area contributed by atoms with Gasteiger partial charge in [0.2, 0.25) is 0 Å². The molecule has 2 fully saturated rings. The minimum atomic E-state index is 0.449. The molecule has 1 aliphatic carbocycles. The second kappa shape index (κ2) is 1.20. The van der Waals surface area contributed by atoms with E-state index in [0.29, 0.717) is 12.2 Å². The molecule has 0 amide bonds. The van der Waals surface area contributed by atoms with Crippen LogP contribution in [0.2, 0.25) is 0 Å². The summed E-state index contributed by atoms with van der Waals surface area (Å²) in [5.74, 6) is 0. The van der Waals surface area contributed by atoms with Crippen molar-refractivity contribution >= 4 is 0 Å². The monoisotopic (exact) mass is 100 g/mol. The van der Waals surface area contributed by atoms with Gasteiger partial charge in [0.05, 0.1) is 12.2 Å². The Morgan fingerprint density at radius 3 is 1.71 bits per heavy atom. The summed E-state index contributed by atoms with van der Waals surface area (Å²) in [6.45, 7) is 0. The van der Waals surface area contributed by atoms with Crippen LogP contribution in [0.5, 0.6) is 0 Å². The zero-order valence-corrected chi connectivity index (χ0v) is 4.09. The Hall–Kier alpha value is -0.0800. The van der Waals surface area contributed by atoms with Crippen LogP contribution >= 0.6 is 0 Å². The smallest absolute Gasteiger partial charge is 0.0957 e. The van der Waals surface area contributed by atoms with E-state index in [4.69, 9.17) is 9.78 Å². The highest BCUT2D eigenvalue weighted by Crippen LogP contribution is 2.31. The first-order valence-electron chi connectivity index (χ1n) is 2.77. The van der Waals surface area contributed by atoms with Gasteiger partial charge in [-0.25, -0.2) is 9.78 Å². The van der Waals surface area contributed by atoms with E-state index >= 15 is 0 Å². The number of fused-ring (bicyclic) bond motifs is 2. The summed E-state index contributed by atoms with van der Waals surface area (Å²) >= 11 is 0. The fourth-order valence-electron chi connectivity index (χ4n) is 1.23. The number of hydrogen-bond acceptors (Lipinski definition) is 2. The van der Waals surface area contributed by atoms with Crippen LogP contribution in [0.25, 0.3) is 0 Å². The molecule has 1 saturated carbocycles. The van der Waals surface area contributed by atoms with Crippen LogP contribution in [0.3, 0.4) is 0 Å². The second-order valence-electron chi connectivity index (χ2n) is 2.25. The Kier molecular flexibility index (Phi) is 0.664. The van der Waals surface area contributed by atoms with Crippen LogP contribution in [0, 0.1) is 0 Å². The van der Waals surface area contributed by atoms with Gasteiger partial charge in [-0.2, -0.15) is 0 Å². The van der Waals surface area contributed by atoms with E-state index in [2.05, 4.69) is 0 Å². The van der Waals surface area contributed by atoms with Gasteiger partial charge in [-0.3, -0.25) is 0 Å². The Morgan fingerprint density at radius 1 is 1.00 bits per heavy atom. The van der Waals surface area contributed by atoms with Crippen LogP contribution in [0.4, 0.5) is 0 Å². The molecule has 7 heavy (non-hydrogen) atoms. The van der Waals surface area contributed by atoms with E-state index in [1.54, 1.807) is 0 Å². The quantitative estimate of drug-likeness (QED) is 0.420. The lowest BCUT2D eigenvalue weighted by Gasteiger charge is -2.06. The highest BCUT2D eigenvalue weighted by molar-refractivity contribution is 4.78. The molecule has 0 N–H and O–H groups in total. The van der Waals surface area contributed by atoms with Crippen LogP contribution in [0.1, 0.15) is 19.3 Å². The topological polar surface area (TPSA) is 18.5 Å². The third kappa shape index (κ3) is 0.469. The molecule has 2 atom stereocenters. The lowest BCUT2D eigenvalue weighted by atomic mass is 10.3. The Morgan fingerprint density at radius 2 is 1.57 bits per heavy atom. The summed E-state index contributed by atoms with van der Waals surface area (Å²) in [5, 5.41) is 0. The van der Waals surface area contributed by atoms with Crippen molar-refractivity contribution in [2.24, 2.45) is 0 Å². The minimum absolute atomic E-state index is 0.449. The molecule has 0 aromatic rings. The SMILES string of the molecule is C1CC2CC1OO2. The fourth-order valence-corrected chi connectivity index (χ4v) is 1.23. The summed E-state index contributed by atoms with van der Waals surface area (Å²) in [4.78, 5) is 9.70. The lowest BCUT2D eigenvalue weighted by molar-refractivity contribution is -0.315. The van der Waals surface area contributed by atoms with E-state index in [1.807, 2.05) is 0 Å². The van der Waals surface area contributed by atoms with Gasteiger partial charge >= 0.3 is 0 Å². The van der Waals surface area contributed by atoms with E-state index in [-0.39, 0.29) is 0 Å². The summed E-state index contributed by atoms with van der Waals surface area (Å²) in [7, 11) is 0. The second-order valence-corrected chi connectivity index (χ2v) is 2.25. The van der Waals surface area contributed by atoms with Crippen molar-refractivity contribution in [1.29, 1.82) is 0 Å². The maximum absolute atomic E-state index is 4.85. The van der Waals surface area contributed by atoms with Crippen molar-refractivity contribution in [3.8, 4) is 0 Å². The summed E-state index contributed by atoms with van der Waals surface area (Å²) < 4.78 is 0. The van der Waals surface area contributed by atoms with Crippen LogP contribution in [-0.4, -0.2) is 12.2 Å². The molecule has 2 bridgehead atoms. The van der Waals surface area contributed by atoms with E-state index in [9.17, 15) is 0 Å². The highest BCUT2D eigenvalue weighted by atomic mass is 17.2. The molecule has 0 spiro atoms. The fraction of sp³-hybridized carbons (Fsp3) is 1.00. The molecule has 2 heteroatoms. The van der Waals surface area contributed by atoms with Crippen LogP contribution in [0.15, 0.2) is 0 Å². The average molecular weight is 100 g/mol. The molecule has 1 saturated heterocycles. The standard InChI is InChI=1S/C5H8O2/c1-2-5-3-4(1)6-7-5/h4-5H,1-3H2. The maximum atomic E-state index is 4.85.